The average molecular weight is 233 g/mol. The standard InChI is InChI=1S/C10H19NO3S/c1-8(12)9-6-4-5-7-10(9)15(13,14)11(2)3/h9-10H,4-7H2,1-3H3. The van der Waals surface area contributed by atoms with E-state index in [9.17, 15) is 13.2 Å². The molecule has 0 N–H and O–H groups in total. The van der Waals surface area contributed by atoms with E-state index in [1.165, 1.54) is 25.3 Å². The molecule has 1 rings (SSSR count). The van der Waals surface area contributed by atoms with Crippen LogP contribution in [0.2, 0.25) is 0 Å². The maximum absolute atomic E-state index is 12.0. The molecule has 5 heteroatoms. The monoisotopic (exact) mass is 233 g/mol. The van der Waals surface area contributed by atoms with E-state index in [1.807, 2.05) is 0 Å². The second-order valence-corrected chi connectivity index (χ2v) is 6.73. The van der Waals surface area contributed by atoms with Crippen molar-refractivity contribution < 1.29 is 13.2 Å². The van der Waals surface area contributed by atoms with Crippen molar-refractivity contribution in [2.45, 2.75) is 37.9 Å². The van der Waals surface area contributed by atoms with Gasteiger partial charge in [-0.2, -0.15) is 0 Å². The highest BCUT2D eigenvalue weighted by Crippen LogP contribution is 2.31. The van der Waals surface area contributed by atoms with Crippen LogP contribution in [0.25, 0.3) is 0 Å². The fourth-order valence-electron chi connectivity index (χ4n) is 2.19. The summed E-state index contributed by atoms with van der Waals surface area (Å²) in [6, 6.07) is 0. The lowest BCUT2D eigenvalue weighted by molar-refractivity contribution is -0.121. The van der Waals surface area contributed by atoms with Gasteiger partial charge in [0.25, 0.3) is 0 Å². The van der Waals surface area contributed by atoms with E-state index in [0.29, 0.717) is 12.8 Å². The van der Waals surface area contributed by atoms with Crippen molar-refractivity contribution in [2.75, 3.05) is 14.1 Å². The number of nitrogens with zero attached hydrogens (tertiary/aromatic N) is 1. The Morgan fingerprint density at radius 1 is 1.20 bits per heavy atom. The van der Waals surface area contributed by atoms with E-state index in [1.54, 1.807) is 0 Å². The fraction of sp³-hybridized carbons (Fsp3) is 0.900. The zero-order valence-corrected chi connectivity index (χ0v) is 10.4. The van der Waals surface area contributed by atoms with Crippen molar-refractivity contribution >= 4 is 15.8 Å². The average Bonchev–Trinajstić information content (AvgIpc) is 2.17. The van der Waals surface area contributed by atoms with Gasteiger partial charge in [0.2, 0.25) is 10.0 Å². The molecule has 0 aliphatic heterocycles. The summed E-state index contributed by atoms with van der Waals surface area (Å²) in [6.07, 6.45) is 3.20. The highest BCUT2D eigenvalue weighted by molar-refractivity contribution is 7.89. The molecule has 88 valence electrons. The first-order chi connectivity index (χ1) is 6.87. The van der Waals surface area contributed by atoms with Crippen molar-refractivity contribution in [3.63, 3.8) is 0 Å². The molecule has 4 nitrogen and oxygen atoms in total. The van der Waals surface area contributed by atoms with E-state index in [4.69, 9.17) is 0 Å². The molecule has 0 amide bonds. The molecule has 0 aromatic heterocycles. The summed E-state index contributed by atoms with van der Waals surface area (Å²) >= 11 is 0. The fourth-order valence-corrected chi connectivity index (χ4v) is 3.94. The van der Waals surface area contributed by atoms with Gasteiger partial charge < -0.3 is 0 Å². The second-order valence-electron chi connectivity index (χ2n) is 4.37. The van der Waals surface area contributed by atoms with Gasteiger partial charge in [0, 0.05) is 20.0 Å². The molecule has 1 aliphatic carbocycles. The quantitative estimate of drug-likeness (QED) is 0.731. The summed E-state index contributed by atoms with van der Waals surface area (Å²) in [4.78, 5) is 11.4. The molecule has 0 aromatic rings. The molecule has 2 atom stereocenters. The maximum Gasteiger partial charge on any atom is 0.217 e. The molecule has 0 aromatic carbocycles. The first-order valence-electron chi connectivity index (χ1n) is 5.29. The molecule has 0 saturated heterocycles. The minimum Gasteiger partial charge on any atom is -0.300 e. The SMILES string of the molecule is CC(=O)C1CCCCC1S(=O)(=O)N(C)C. The van der Waals surface area contributed by atoms with E-state index in [-0.39, 0.29) is 11.7 Å². The van der Waals surface area contributed by atoms with Crippen LogP contribution in [0.15, 0.2) is 0 Å². The number of rotatable bonds is 3. The molecule has 1 aliphatic rings. The number of carbonyl (C=O) groups is 1. The lowest BCUT2D eigenvalue weighted by Gasteiger charge is -2.31. The third-order valence-electron chi connectivity index (χ3n) is 3.12. The lowest BCUT2D eigenvalue weighted by atomic mass is 9.86. The molecule has 1 fully saturated rings. The Morgan fingerprint density at radius 3 is 2.20 bits per heavy atom. The topological polar surface area (TPSA) is 54.5 Å². The zero-order valence-electron chi connectivity index (χ0n) is 9.56. The zero-order chi connectivity index (χ0) is 11.6. The van der Waals surface area contributed by atoms with Crippen molar-refractivity contribution in [1.82, 2.24) is 4.31 Å². The Balaban J connectivity index is 2.95. The number of sulfonamides is 1. The Kier molecular flexibility index (Phi) is 3.89. The van der Waals surface area contributed by atoms with Crippen LogP contribution in [0.3, 0.4) is 0 Å². The molecule has 15 heavy (non-hydrogen) atoms. The van der Waals surface area contributed by atoms with Gasteiger partial charge in [0.05, 0.1) is 5.25 Å². The van der Waals surface area contributed by atoms with Crippen molar-refractivity contribution in [2.24, 2.45) is 5.92 Å². The van der Waals surface area contributed by atoms with Crippen molar-refractivity contribution in [3.05, 3.63) is 0 Å². The van der Waals surface area contributed by atoms with Gasteiger partial charge in [0.15, 0.2) is 0 Å². The van der Waals surface area contributed by atoms with Crippen LogP contribution >= 0.6 is 0 Å². The summed E-state index contributed by atoms with van der Waals surface area (Å²) in [5.41, 5.74) is 0. The van der Waals surface area contributed by atoms with Gasteiger partial charge in [-0.3, -0.25) is 4.79 Å². The summed E-state index contributed by atoms with van der Waals surface area (Å²) in [5, 5.41) is -0.501. The predicted octanol–water partition coefficient (Wildman–Crippen LogP) is 1.03. The summed E-state index contributed by atoms with van der Waals surface area (Å²) in [5.74, 6) is -0.295. The van der Waals surface area contributed by atoms with Crippen molar-refractivity contribution in [1.29, 1.82) is 0 Å². The Morgan fingerprint density at radius 2 is 1.73 bits per heavy atom. The molecule has 0 bridgehead atoms. The molecule has 1 saturated carbocycles. The van der Waals surface area contributed by atoms with Crippen LogP contribution < -0.4 is 0 Å². The van der Waals surface area contributed by atoms with Crippen LogP contribution in [-0.4, -0.2) is 37.9 Å². The third kappa shape index (κ3) is 2.58. The summed E-state index contributed by atoms with van der Waals surface area (Å²) in [6.45, 7) is 1.49. The van der Waals surface area contributed by atoms with Gasteiger partial charge in [0.1, 0.15) is 5.78 Å². The number of hydrogen-bond acceptors (Lipinski definition) is 3. The largest absolute Gasteiger partial charge is 0.300 e. The van der Waals surface area contributed by atoms with Gasteiger partial charge in [-0.25, -0.2) is 12.7 Å². The van der Waals surface area contributed by atoms with E-state index in [0.717, 1.165) is 12.8 Å². The highest BCUT2D eigenvalue weighted by Gasteiger charge is 2.38. The van der Waals surface area contributed by atoms with Crippen LogP contribution in [0.1, 0.15) is 32.6 Å². The highest BCUT2D eigenvalue weighted by atomic mass is 32.2. The Labute approximate surface area is 91.7 Å². The van der Waals surface area contributed by atoms with E-state index in [2.05, 4.69) is 0 Å². The van der Waals surface area contributed by atoms with Crippen LogP contribution in [0.4, 0.5) is 0 Å². The second kappa shape index (κ2) is 4.61. The van der Waals surface area contributed by atoms with Crippen LogP contribution in [-0.2, 0) is 14.8 Å². The molecular formula is C10H19NO3S. The van der Waals surface area contributed by atoms with Crippen LogP contribution in [0, 0.1) is 5.92 Å². The van der Waals surface area contributed by atoms with Gasteiger partial charge in [-0.15, -0.1) is 0 Å². The minimum atomic E-state index is -3.28. The predicted molar refractivity (Wildman–Crippen MR) is 59.0 cm³/mol. The first-order valence-corrected chi connectivity index (χ1v) is 6.79. The maximum atomic E-state index is 12.0. The Hall–Kier alpha value is -0.420. The van der Waals surface area contributed by atoms with E-state index >= 15 is 0 Å². The van der Waals surface area contributed by atoms with Gasteiger partial charge in [-0.05, 0) is 19.8 Å². The number of ketones is 1. The van der Waals surface area contributed by atoms with Crippen molar-refractivity contribution in [3.8, 4) is 0 Å². The van der Waals surface area contributed by atoms with Crippen LogP contribution in [0.5, 0.6) is 0 Å². The van der Waals surface area contributed by atoms with Gasteiger partial charge in [-0.1, -0.05) is 12.8 Å². The molecule has 0 radical (unpaired) electrons. The van der Waals surface area contributed by atoms with E-state index < -0.39 is 15.3 Å². The first kappa shape index (κ1) is 12.6. The Bertz CT molecular complexity index is 335. The molecule has 0 heterocycles. The number of carbonyl (C=O) groups excluding carboxylic acids is 1. The molecular weight excluding hydrogens is 214 g/mol. The minimum absolute atomic E-state index is 0.00475. The summed E-state index contributed by atoms with van der Waals surface area (Å²) < 4.78 is 25.2. The third-order valence-corrected chi connectivity index (χ3v) is 5.46. The summed E-state index contributed by atoms with van der Waals surface area (Å²) in [7, 11) is -0.224. The molecule has 2 unspecified atom stereocenters. The lowest BCUT2D eigenvalue weighted by Crippen LogP contribution is -2.42. The molecule has 0 spiro atoms. The normalized spacial score (nSPS) is 28.0. The number of Topliss-reactive ketones (excluding diaryl/α,β-unsaturated/α-hetero) is 1. The number of hydrogen-bond donors (Lipinski definition) is 0. The smallest absolute Gasteiger partial charge is 0.217 e. The van der Waals surface area contributed by atoms with Gasteiger partial charge >= 0.3 is 0 Å².